The van der Waals surface area contributed by atoms with E-state index >= 15 is 0 Å². The number of rotatable bonds is 6. The quantitative estimate of drug-likeness (QED) is 0.261. The summed E-state index contributed by atoms with van der Waals surface area (Å²) in [6.07, 6.45) is 7.82. The Labute approximate surface area is 224 Å². The molecule has 4 fully saturated rings. The number of nitrogens with two attached hydrogens (primary N) is 2. The number of hydrogen-bond acceptors (Lipinski definition) is 4. The summed E-state index contributed by atoms with van der Waals surface area (Å²) in [5.74, 6) is 4.85. The summed E-state index contributed by atoms with van der Waals surface area (Å²) in [7, 11) is 0. The second kappa shape index (κ2) is 8.83. The van der Waals surface area contributed by atoms with Crippen molar-refractivity contribution in [2.24, 2.45) is 11.8 Å². The van der Waals surface area contributed by atoms with Crippen LogP contribution in [-0.2, 0) is 10.8 Å². The molecule has 0 unspecified atom stereocenters. The van der Waals surface area contributed by atoms with Crippen LogP contribution in [0.1, 0.15) is 49.7 Å². The Bertz CT molecular complexity index is 1340. The fraction of sp³-hybridized carbons (Fsp3) is 0.294. The van der Waals surface area contributed by atoms with Crippen LogP contribution < -0.4 is 20.9 Å². The molecule has 0 amide bonds. The van der Waals surface area contributed by atoms with Crippen molar-refractivity contribution >= 4 is 11.4 Å². The van der Waals surface area contributed by atoms with E-state index < -0.39 is 0 Å². The number of ether oxygens (including phenoxy) is 2. The van der Waals surface area contributed by atoms with Crippen molar-refractivity contribution in [3.8, 4) is 23.0 Å². The minimum absolute atomic E-state index is 0.247. The van der Waals surface area contributed by atoms with Gasteiger partial charge in [-0.15, -0.1) is 0 Å². The largest absolute Gasteiger partial charge is 0.457 e. The summed E-state index contributed by atoms with van der Waals surface area (Å²) in [6.45, 7) is 0. The molecule has 4 nitrogen and oxygen atoms in total. The third-order valence-electron chi connectivity index (χ3n) is 9.18. The molecule has 4 saturated carbocycles. The molecule has 0 radical (unpaired) electrons. The predicted molar refractivity (Wildman–Crippen MR) is 153 cm³/mol. The van der Waals surface area contributed by atoms with E-state index in [0.717, 1.165) is 34.8 Å². The molecule has 4 aliphatic rings. The highest BCUT2D eigenvalue weighted by atomic mass is 16.5. The van der Waals surface area contributed by atoms with Crippen LogP contribution in [0.5, 0.6) is 23.0 Å². The van der Waals surface area contributed by atoms with Crippen LogP contribution in [-0.4, -0.2) is 0 Å². The smallest absolute Gasteiger partial charge is 0.129 e. The van der Waals surface area contributed by atoms with Gasteiger partial charge in [-0.25, -0.2) is 0 Å². The lowest BCUT2D eigenvalue weighted by Gasteiger charge is -2.62. The molecule has 4 heteroatoms. The first kappa shape index (κ1) is 23.2. The van der Waals surface area contributed by atoms with Crippen LogP contribution in [0.2, 0.25) is 0 Å². The molecule has 0 aromatic heterocycles. The lowest BCUT2D eigenvalue weighted by atomic mass is 9.42. The Hall–Kier alpha value is -3.92. The van der Waals surface area contributed by atoms with Gasteiger partial charge in [0.05, 0.1) is 0 Å². The van der Waals surface area contributed by atoms with Crippen LogP contribution in [0.4, 0.5) is 11.4 Å². The van der Waals surface area contributed by atoms with E-state index in [1.807, 2.05) is 48.5 Å². The molecule has 4 aromatic carbocycles. The summed E-state index contributed by atoms with van der Waals surface area (Å²) < 4.78 is 12.2. The van der Waals surface area contributed by atoms with Gasteiger partial charge in [-0.05, 0) is 121 Å². The van der Waals surface area contributed by atoms with Crippen molar-refractivity contribution in [3.05, 3.63) is 108 Å². The average molecular weight is 503 g/mol. The summed E-state index contributed by atoms with van der Waals surface area (Å²) in [5.41, 5.74) is 16.7. The maximum absolute atomic E-state index is 6.08. The minimum atomic E-state index is 0.247. The molecule has 4 bridgehead atoms. The third-order valence-corrected chi connectivity index (χ3v) is 9.18. The van der Waals surface area contributed by atoms with Gasteiger partial charge in [0, 0.05) is 23.5 Å². The van der Waals surface area contributed by atoms with E-state index in [4.69, 9.17) is 20.9 Å². The summed E-state index contributed by atoms with van der Waals surface area (Å²) in [5, 5.41) is 0. The second-order valence-electron chi connectivity index (χ2n) is 11.9. The van der Waals surface area contributed by atoms with Crippen LogP contribution in [0.15, 0.2) is 97.1 Å². The van der Waals surface area contributed by atoms with Crippen molar-refractivity contribution < 1.29 is 9.47 Å². The first-order chi connectivity index (χ1) is 18.5. The molecular weight excluding hydrogens is 468 g/mol. The van der Waals surface area contributed by atoms with E-state index in [2.05, 4.69) is 48.5 Å². The molecule has 0 saturated heterocycles. The van der Waals surface area contributed by atoms with Crippen molar-refractivity contribution in [2.45, 2.75) is 49.4 Å². The number of benzene rings is 4. The standard InChI is InChI=1S/C34H34N2O2/c35-27-3-1-5-31(16-27)37-29-11-7-25(8-12-29)33-18-23-15-24(19-33)21-34(20-23,22-33)26-9-13-30(14-10-26)38-32-6-2-4-28(36)17-32/h1-14,16-17,23-24H,15,18-22,35-36H2. The highest BCUT2D eigenvalue weighted by Crippen LogP contribution is 2.66. The van der Waals surface area contributed by atoms with Gasteiger partial charge in [-0.2, -0.15) is 0 Å². The molecule has 4 aliphatic carbocycles. The maximum atomic E-state index is 6.08. The van der Waals surface area contributed by atoms with Gasteiger partial charge in [-0.3, -0.25) is 0 Å². The van der Waals surface area contributed by atoms with Crippen LogP contribution in [0.25, 0.3) is 0 Å². The molecular formula is C34H34N2O2. The number of hydrogen-bond donors (Lipinski definition) is 2. The van der Waals surface area contributed by atoms with Gasteiger partial charge in [0.1, 0.15) is 23.0 Å². The SMILES string of the molecule is Nc1cccc(Oc2ccc(C34CC5CC(C3)CC(c3ccc(Oc6cccc(N)c6)cc3)(C5)C4)cc2)c1. The highest BCUT2D eigenvalue weighted by Gasteiger charge is 2.58. The van der Waals surface area contributed by atoms with E-state index in [1.54, 1.807) is 0 Å². The van der Waals surface area contributed by atoms with Crippen molar-refractivity contribution in [1.29, 1.82) is 0 Å². The average Bonchev–Trinajstić information content (AvgIpc) is 2.89. The monoisotopic (exact) mass is 502 g/mol. The van der Waals surface area contributed by atoms with Crippen LogP contribution >= 0.6 is 0 Å². The second-order valence-corrected chi connectivity index (χ2v) is 11.9. The van der Waals surface area contributed by atoms with E-state index in [0.29, 0.717) is 11.4 Å². The lowest BCUT2D eigenvalue weighted by Crippen LogP contribution is -2.55. The normalized spacial score (nSPS) is 27.3. The molecule has 38 heavy (non-hydrogen) atoms. The Morgan fingerprint density at radius 2 is 0.947 bits per heavy atom. The summed E-state index contributed by atoms with van der Waals surface area (Å²) in [4.78, 5) is 0. The molecule has 0 heterocycles. The first-order valence-electron chi connectivity index (χ1n) is 13.8. The van der Waals surface area contributed by atoms with Crippen molar-refractivity contribution in [2.75, 3.05) is 11.5 Å². The van der Waals surface area contributed by atoms with E-state index in [-0.39, 0.29) is 10.8 Å². The first-order valence-corrected chi connectivity index (χ1v) is 13.8. The molecule has 0 aliphatic heterocycles. The van der Waals surface area contributed by atoms with Crippen LogP contribution in [0.3, 0.4) is 0 Å². The highest BCUT2D eigenvalue weighted by molar-refractivity contribution is 5.47. The van der Waals surface area contributed by atoms with Gasteiger partial charge in [-0.1, -0.05) is 36.4 Å². The van der Waals surface area contributed by atoms with Crippen molar-refractivity contribution in [3.63, 3.8) is 0 Å². The fourth-order valence-electron chi connectivity index (χ4n) is 8.12. The Morgan fingerprint density at radius 3 is 1.34 bits per heavy atom. The predicted octanol–water partition coefficient (Wildman–Crippen LogP) is 8.23. The topological polar surface area (TPSA) is 70.5 Å². The summed E-state index contributed by atoms with van der Waals surface area (Å²) in [6, 6.07) is 33.0. The Kier molecular flexibility index (Phi) is 5.40. The van der Waals surface area contributed by atoms with Gasteiger partial charge in [0.25, 0.3) is 0 Å². The molecule has 192 valence electrons. The summed E-state index contributed by atoms with van der Waals surface area (Å²) >= 11 is 0. The Balaban J connectivity index is 1.13. The molecule has 4 aromatic rings. The lowest BCUT2D eigenvalue weighted by molar-refractivity contribution is -0.0281. The molecule has 0 spiro atoms. The molecule has 0 atom stereocenters. The van der Waals surface area contributed by atoms with E-state index in [1.165, 1.54) is 49.7 Å². The van der Waals surface area contributed by atoms with Gasteiger partial charge < -0.3 is 20.9 Å². The third kappa shape index (κ3) is 4.18. The number of anilines is 2. The zero-order valence-electron chi connectivity index (χ0n) is 21.6. The van der Waals surface area contributed by atoms with E-state index in [9.17, 15) is 0 Å². The molecule has 4 N–H and O–H groups in total. The maximum Gasteiger partial charge on any atom is 0.129 e. The molecule has 8 rings (SSSR count). The number of nitrogen functional groups attached to an aromatic ring is 2. The minimum Gasteiger partial charge on any atom is -0.457 e. The van der Waals surface area contributed by atoms with Gasteiger partial charge in [0.2, 0.25) is 0 Å². The van der Waals surface area contributed by atoms with Gasteiger partial charge >= 0.3 is 0 Å². The Morgan fingerprint density at radius 1 is 0.526 bits per heavy atom. The zero-order chi connectivity index (χ0) is 25.7. The van der Waals surface area contributed by atoms with Gasteiger partial charge in [0.15, 0.2) is 0 Å². The fourth-order valence-corrected chi connectivity index (χ4v) is 8.12. The zero-order valence-corrected chi connectivity index (χ0v) is 21.6. The van der Waals surface area contributed by atoms with Crippen LogP contribution in [0, 0.1) is 11.8 Å². The van der Waals surface area contributed by atoms with Crippen molar-refractivity contribution in [1.82, 2.24) is 0 Å².